The number of aliphatic imine (C=N–C) groups is 2. The molecule has 0 aromatic rings. The number of carbonyl (C=O) groups excluding carboxylic acids is 2. The minimum atomic E-state index is -0.620. The van der Waals surface area contributed by atoms with E-state index < -0.39 is 6.17 Å². The Labute approximate surface area is 88.0 Å². The van der Waals surface area contributed by atoms with Gasteiger partial charge in [0.2, 0.25) is 12.2 Å². The fourth-order valence-electron chi connectivity index (χ4n) is 0.743. The molecule has 0 radical (unpaired) electrons. The summed E-state index contributed by atoms with van der Waals surface area (Å²) in [5.74, 6) is 0. The summed E-state index contributed by atoms with van der Waals surface area (Å²) in [5, 5.41) is 1.88. The topological polar surface area (TPSA) is 58.9 Å². The third-order valence-corrected chi connectivity index (χ3v) is 5.63. The standard InChI is InChI=1S/C6H6N2O2S3/c9-1-7-5(8-2-10)6-12-3-11-4-13-6/h5-6H,3-4H2. The summed E-state index contributed by atoms with van der Waals surface area (Å²) in [4.78, 5) is 27.0. The van der Waals surface area contributed by atoms with Gasteiger partial charge in [-0.2, -0.15) is 9.98 Å². The van der Waals surface area contributed by atoms with E-state index in [9.17, 15) is 9.59 Å². The normalized spacial score (nSPS) is 19.7. The third kappa shape index (κ3) is 3.58. The number of hydrogen-bond acceptors (Lipinski definition) is 7. The van der Waals surface area contributed by atoms with Gasteiger partial charge in [0.05, 0.1) is 4.58 Å². The van der Waals surface area contributed by atoms with Crippen molar-refractivity contribution in [3.05, 3.63) is 0 Å². The van der Waals surface area contributed by atoms with Gasteiger partial charge in [0.1, 0.15) is 0 Å². The van der Waals surface area contributed by atoms with E-state index in [2.05, 4.69) is 9.98 Å². The number of thioether (sulfide) groups is 3. The quantitative estimate of drug-likeness (QED) is 0.546. The minimum absolute atomic E-state index is 0.0455. The van der Waals surface area contributed by atoms with E-state index in [1.165, 1.54) is 12.2 Å². The molecule has 1 saturated heterocycles. The predicted octanol–water partition coefficient (Wildman–Crippen LogP) is 1.44. The molecule has 0 N–H and O–H groups in total. The van der Waals surface area contributed by atoms with Gasteiger partial charge in [0.25, 0.3) is 0 Å². The summed E-state index contributed by atoms with van der Waals surface area (Å²) in [6.07, 6.45) is 2.22. The fraction of sp³-hybridized carbons (Fsp3) is 0.667. The predicted molar refractivity (Wildman–Crippen MR) is 56.3 cm³/mol. The summed E-state index contributed by atoms with van der Waals surface area (Å²) in [6, 6.07) is 0. The number of hydrogen-bond donors (Lipinski definition) is 0. The Morgan fingerprint density at radius 2 is 1.69 bits per heavy atom. The lowest BCUT2D eigenvalue weighted by Gasteiger charge is -2.21. The lowest BCUT2D eigenvalue weighted by molar-refractivity contribution is 0.552. The molecule has 0 spiro atoms. The van der Waals surface area contributed by atoms with Crippen LogP contribution >= 0.6 is 35.3 Å². The zero-order chi connectivity index (χ0) is 9.52. The van der Waals surface area contributed by atoms with Crippen LogP contribution in [0.5, 0.6) is 0 Å². The number of isocyanates is 2. The van der Waals surface area contributed by atoms with Crippen LogP contribution in [0.4, 0.5) is 0 Å². The van der Waals surface area contributed by atoms with Crippen LogP contribution in [0.1, 0.15) is 0 Å². The van der Waals surface area contributed by atoms with Crippen LogP contribution in [-0.2, 0) is 9.59 Å². The molecular weight excluding hydrogens is 228 g/mol. The molecule has 1 heterocycles. The van der Waals surface area contributed by atoms with Crippen LogP contribution < -0.4 is 0 Å². The second-order valence-corrected chi connectivity index (χ2v) is 6.27. The van der Waals surface area contributed by atoms with Gasteiger partial charge in [-0.25, -0.2) is 9.59 Å². The maximum absolute atomic E-state index is 10.0. The van der Waals surface area contributed by atoms with E-state index in [0.29, 0.717) is 0 Å². The van der Waals surface area contributed by atoms with Crippen LogP contribution in [0, 0.1) is 0 Å². The summed E-state index contributed by atoms with van der Waals surface area (Å²) < 4.78 is 0.0455. The first-order valence-corrected chi connectivity index (χ1v) is 6.58. The van der Waals surface area contributed by atoms with Crippen molar-refractivity contribution in [3.8, 4) is 0 Å². The Morgan fingerprint density at radius 1 is 1.15 bits per heavy atom. The van der Waals surface area contributed by atoms with Crippen molar-refractivity contribution in [2.75, 3.05) is 10.2 Å². The second kappa shape index (κ2) is 6.29. The summed E-state index contributed by atoms with van der Waals surface area (Å²) in [7, 11) is 0. The van der Waals surface area contributed by atoms with Crippen LogP contribution in [0.3, 0.4) is 0 Å². The highest BCUT2D eigenvalue weighted by Crippen LogP contribution is 2.38. The van der Waals surface area contributed by atoms with Crippen LogP contribution in [0.25, 0.3) is 0 Å². The van der Waals surface area contributed by atoms with Crippen molar-refractivity contribution in [2.45, 2.75) is 10.7 Å². The molecule has 1 aliphatic rings. The molecule has 0 saturated carbocycles. The molecule has 7 heteroatoms. The first-order valence-electron chi connectivity index (χ1n) is 3.33. The molecule has 1 fully saturated rings. The van der Waals surface area contributed by atoms with Crippen molar-refractivity contribution in [2.24, 2.45) is 9.98 Å². The molecule has 0 amide bonds. The first kappa shape index (κ1) is 10.9. The van der Waals surface area contributed by atoms with E-state index >= 15 is 0 Å². The van der Waals surface area contributed by atoms with Gasteiger partial charge in [0, 0.05) is 10.2 Å². The maximum Gasteiger partial charge on any atom is 0.237 e. The number of nitrogens with zero attached hydrogens (tertiary/aromatic N) is 2. The Balaban J connectivity index is 2.61. The smallest absolute Gasteiger partial charge is 0.211 e. The number of rotatable bonds is 3. The molecule has 0 aliphatic carbocycles. The van der Waals surface area contributed by atoms with E-state index in [0.717, 1.165) is 10.2 Å². The molecule has 70 valence electrons. The summed E-state index contributed by atoms with van der Waals surface area (Å²) >= 11 is 5.06. The Morgan fingerprint density at radius 3 is 2.15 bits per heavy atom. The van der Waals surface area contributed by atoms with E-state index in [1.807, 2.05) is 0 Å². The van der Waals surface area contributed by atoms with Gasteiger partial charge in [-0.05, 0) is 0 Å². The molecular formula is C6H6N2O2S3. The van der Waals surface area contributed by atoms with E-state index in [4.69, 9.17) is 0 Å². The fourth-order valence-corrected chi connectivity index (χ4v) is 5.44. The van der Waals surface area contributed by atoms with Crippen molar-refractivity contribution in [1.29, 1.82) is 0 Å². The van der Waals surface area contributed by atoms with Gasteiger partial charge in [-0.1, -0.05) is 0 Å². The molecule has 0 atom stereocenters. The van der Waals surface area contributed by atoms with Gasteiger partial charge < -0.3 is 0 Å². The Bertz CT molecular complexity index is 237. The highest BCUT2D eigenvalue weighted by Gasteiger charge is 2.24. The average Bonchev–Trinajstić information content (AvgIpc) is 2.19. The molecule has 4 nitrogen and oxygen atoms in total. The SMILES string of the molecule is O=C=NC(N=C=O)C1SCSCS1. The molecule has 0 aromatic heterocycles. The lowest BCUT2D eigenvalue weighted by atomic mass is 10.6. The van der Waals surface area contributed by atoms with E-state index in [1.54, 1.807) is 35.3 Å². The average molecular weight is 234 g/mol. The largest absolute Gasteiger partial charge is 0.237 e. The van der Waals surface area contributed by atoms with Crippen molar-refractivity contribution >= 4 is 47.4 Å². The Hall–Kier alpha value is -0.190. The zero-order valence-electron chi connectivity index (χ0n) is 6.50. The highest BCUT2D eigenvalue weighted by molar-refractivity contribution is 8.32. The maximum atomic E-state index is 10.0. The van der Waals surface area contributed by atoms with E-state index in [-0.39, 0.29) is 4.58 Å². The van der Waals surface area contributed by atoms with Crippen LogP contribution in [-0.4, -0.2) is 33.1 Å². The highest BCUT2D eigenvalue weighted by atomic mass is 32.3. The molecule has 0 aromatic carbocycles. The summed E-state index contributed by atoms with van der Waals surface area (Å²) in [5.41, 5.74) is 0. The molecule has 13 heavy (non-hydrogen) atoms. The molecule has 1 rings (SSSR count). The van der Waals surface area contributed by atoms with Crippen molar-refractivity contribution < 1.29 is 9.59 Å². The van der Waals surface area contributed by atoms with Crippen molar-refractivity contribution in [3.63, 3.8) is 0 Å². The monoisotopic (exact) mass is 234 g/mol. The van der Waals surface area contributed by atoms with Crippen molar-refractivity contribution in [1.82, 2.24) is 0 Å². The first-order chi connectivity index (χ1) is 6.38. The molecule has 0 unspecified atom stereocenters. The lowest BCUT2D eigenvalue weighted by Crippen LogP contribution is -2.18. The van der Waals surface area contributed by atoms with Crippen LogP contribution in [0.2, 0.25) is 0 Å². The van der Waals surface area contributed by atoms with Gasteiger partial charge in [-0.15, -0.1) is 35.3 Å². The molecule has 0 bridgehead atoms. The van der Waals surface area contributed by atoms with Crippen LogP contribution in [0.15, 0.2) is 9.98 Å². The third-order valence-electron chi connectivity index (χ3n) is 1.24. The Kier molecular flexibility index (Phi) is 5.27. The minimum Gasteiger partial charge on any atom is -0.211 e. The second-order valence-electron chi connectivity index (χ2n) is 2.00. The summed E-state index contributed by atoms with van der Waals surface area (Å²) in [6.45, 7) is 0. The van der Waals surface area contributed by atoms with Gasteiger partial charge in [0.15, 0.2) is 6.17 Å². The zero-order valence-corrected chi connectivity index (χ0v) is 8.95. The van der Waals surface area contributed by atoms with Gasteiger partial charge >= 0.3 is 0 Å². The molecule has 1 aliphatic heterocycles. The van der Waals surface area contributed by atoms with Gasteiger partial charge in [-0.3, -0.25) is 0 Å².